The van der Waals surface area contributed by atoms with Gasteiger partial charge in [0, 0.05) is 6.42 Å². The molecule has 2 atom stereocenters. The highest BCUT2D eigenvalue weighted by Crippen LogP contribution is 2.18. The number of carbonyl (C=O) groups is 2. The standard InChI is InChI=1S/C51H101NO7/c1-5-6-7-8-9-10-11-12-13-14-15-16-17-18-19-20-21-22-23-24-25-26-27-28-29-30-31-32-33-34-35-36-37-38-39-40-41-42-43-49(54)58-46-48(53)47-59-51(50(55)56)57-45-44-52(2,3)4/h48,51,53H,5-47H2,1-4H3. The molecule has 0 heterocycles. The Bertz CT molecular complexity index is 879. The van der Waals surface area contributed by atoms with Gasteiger partial charge in [0.1, 0.15) is 19.3 Å². The lowest BCUT2D eigenvalue weighted by atomic mass is 10.0. The van der Waals surface area contributed by atoms with Gasteiger partial charge >= 0.3 is 5.97 Å². The highest BCUT2D eigenvalue weighted by molar-refractivity contribution is 5.69. The zero-order valence-corrected chi connectivity index (χ0v) is 39.9. The minimum atomic E-state index is -1.57. The lowest BCUT2D eigenvalue weighted by molar-refractivity contribution is -0.870. The maximum absolute atomic E-state index is 12.0. The first-order valence-electron chi connectivity index (χ1n) is 25.7. The molecule has 0 aliphatic carbocycles. The van der Waals surface area contributed by atoms with Crippen LogP contribution < -0.4 is 5.11 Å². The van der Waals surface area contributed by atoms with Crippen LogP contribution in [0.5, 0.6) is 0 Å². The Kier molecular flexibility index (Phi) is 43.9. The summed E-state index contributed by atoms with van der Waals surface area (Å²) in [7, 11) is 5.89. The molecule has 0 bridgehead atoms. The molecule has 1 N–H and O–H groups in total. The van der Waals surface area contributed by atoms with E-state index in [1.165, 1.54) is 225 Å². The molecule has 352 valence electrons. The predicted octanol–water partition coefficient (Wildman–Crippen LogP) is 12.9. The SMILES string of the molecule is CCCCCCCCCCCCCCCCCCCCCCCCCCCCCCCCCCCCCCCCC(=O)OCC(O)COC(OCC[N+](C)(C)C)C(=O)[O-]. The summed E-state index contributed by atoms with van der Waals surface area (Å²) in [6.07, 6.45) is 50.4. The molecule has 0 rings (SSSR count). The summed E-state index contributed by atoms with van der Waals surface area (Å²) in [6, 6.07) is 0. The number of hydrogen-bond donors (Lipinski definition) is 1. The lowest BCUT2D eigenvalue weighted by Crippen LogP contribution is -2.44. The number of nitrogens with zero attached hydrogens (tertiary/aromatic N) is 1. The van der Waals surface area contributed by atoms with Crippen LogP contribution in [0.15, 0.2) is 0 Å². The second-order valence-corrected chi connectivity index (χ2v) is 19.0. The quantitative estimate of drug-likeness (QED) is 0.0281. The number of unbranched alkanes of at least 4 members (excludes halogenated alkanes) is 37. The average Bonchev–Trinajstić information content (AvgIpc) is 3.20. The number of esters is 1. The Morgan fingerprint density at radius 2 is 0.746 bits per heavy atom. The number of carboxylic acids is 1. The number of aliphatic hydroxyl groups excluding tert-OH is 1. The summed E-state index contributed by atoms with van der Waals surface area (Å²) < 4.78 is 16.1. The smallest absolute Gasteiger partial charge is 0.305 e. The number of rotatable bonds is 49. The number of carbonyl (C=O) groups excluding carboxylic acids is 2. The summed E-state index contributed by atoms with van der Waals surface area (Å²) in [5.41, 5.74) is 0. The van der Waals surface area contributed by atoms with Crippen molar-refractivity contribution in [1.29, 1.82) is 0 Å². The molecule has 0 saturated carbocycles. The van der Waals surface area contributed by atoms with E-state index in [0.29, 0.717) is 17.4 Å². The van der Waals surface area contributed by atoms with Gasteiger partial charge in [-0.2, -0.15) is 0 Å². The summed E-state index contributed by atoms with van der Waals surface area (Å²) in [5, 5.41) is 21.2. The van der Waals surface area contributed by atoms with Gasteiger partial charge in [0.2, 0.25) is 0 Å². The van der Waals surface area contributed by atoms with Crippen LogP contribution in [0.1, 0.15) is 257 Å². The third-order valence-corrected chi connectivity index (χ3v) is 11.8. The normalized spacial score (nSPS) is 12.9. The number of aliphatic carboxylic acids is 1. The number of quaternary nitrogens is 1. The van der Waals surface area contributed by atoms with Gasteiger partial charge in [0.25, 0.3) is 0 Å². The van der Waals surface area contributed by atoms with Crippen molar-refractivity contribution in [3.8, 4) is 0 Å². The number of aliphatic hydroxyl groups is 1. The Hall–Kier alpha value is -1.22. The van der Waals surface area contributed by atoms with E-state index >= 15 is 0 Å². The Morgan fingerprint density at radius 1 is 0.458 bits per heavy atom. The van der Waals surface area contributed by atoms with E-state index in [9.17, 15) is 19.8 Å². The van der Waals surface area contributed by atoms with Crippen LogP contribution in [0.25, 0.3) is 0 Å². The van der Waals surface area contributed by atoms with Crippen LogP contribution in [0.3, 0.4) is 0 Å². The van der Waals surface area contributed by atoms with Crippen LogP contribution in [-0.2, 0) is 23.8 Å². The van der Waals surface area contributed by atoms with Crippen molar-refractivity contribution in [2.45, 2.75) is 270 Å². The number of carboxylic acid groups (broad SMARTS) is 1. The van der Waals surface area contributed by atoms with Crippen molar-refractivity contribution in [1.82, 2.24) is 0 Å². The summed E-state index contributed by atoms with van der Waals surface area (Å²) in [5.74, 6) is -1.86. The van der Waals surface area contributed by atoms with Gasteiger partial charge in [0.15, 0.2) is 6.29 Å². The minimum Gasteiger partial charge on any atom is -0.545 e. The molecule has 0 aromatic rings. The molecule has 0 aliphatic heterocycles. The van der Waals surface area contributed by atoms with Crippen molar-refractivity contribution in [2.75, 3.05) is 47.5 Å². The van der Waals surface area contributed by atoms with E-state index in [4.69, 9.17) is 14.2 Å². The number of likely N-dealkylation sites (N-methyl/N-ethyl adjacent to an activating group) is 1. The van der Waals surface area contributed by atoms with E-state index in [0.717, 1.165) is 19.3 Å². The molecule has 0 spiro atoms. The van der Waals surface area contributed by atoms with Gasteiger partial charge < -0.3 is 33.7 Å². The zero-order chi connectivity index (χ0) is 43.3. The molecule has 2 unspecified atom stereocenters. The second-order valence-electron chi connectivity index (χ2n) is 19.0. The fourth-order valence-electron chi connectivity index (χ4n) is 7.83. The molecule has 0 saturated heterocycles. The van der Waals surface area contributed by atoms with Gasteiger partial charge in [-0.3, -0.25) is 4.79 Å². The van der Waals surface area contributed by atoms with Crippen LogP contribution >= 0.6 is 0 Å². The van der Waals surface area contributed by atoms with Gasteiger partial charge in [-0.15, -0.1) is 0 Å². The zero-order valence-electron chi connectivity index (χ0n) is 39.9. The first-order valence-corrected chi connectivity index (χ1v) is 25.7. The topological polar surface area (TPSA) is 105 Å². The molecule has 59 heavy (non-hydrogen) atoms. The van der Waals surface area contributed by atoms with Crippen LogP contribution in [0.2, 0.25) is 0 Å². The van der Waals surface area contributed by atoms with E-state index in [-0.39, 0.29) is 25.8 Å². The third-order valence-electron chi connectivity index (χ3n) is 11.8. The molecule has 0 fully saturated rings. The molecule has 0 aromatic heterocycles. The average molecular weight is 840 g/mol. The Balaban J connectivity index is 3.29. The van der Waals surface area contributed by atoms with E-state index in [1.807, 2.05) is 21.1 Å². The second kappa shape index (κ2) is 44.8. The Labute approximate surface area is 366 Å². The van der Waals surface area contributed by atoms with Crippen LogP contribution in [0.4, 0.5) is 0 Å². The molecular weight excluding hydrogens is 739 g/mol. The fourth-order valence-corrected chi connectivity index (χ4v) is 7.83. The van der Waals surface area contributed by atoms with E-state index in [1.54, 1.807) is 0 Å². The maximum Gasteiger partial charge on any atom is 0.305 e. The third kappa shape index (κ3) is 47.7. The van der Waals surface area contributed by atoms with Crippen LogP contribution in [0, 0.1) is 0 Å². The van der Waals surface area contributed by atoms with Crippen molar-refractivity contribution in [2.24, 2.45) is 0 Å². The van der Waals surface area contributed by atoms with Crippen molar-refractivity contribution >= 4 is 11.9 Å². The maximum atomic E-state index is 12.0. The molecule has 8 nitrogen and oxygen atoms in total. The highest BCUT2D eigenvalue weighted by Gasteiger charge is 2.17. The van der Waals surface area contributed by atoms with Crippen molar-refractivity contribution in [3.63, 3.8) is 0 Å². The monoisotopic (exact) mass is 840 g/mol. The molecule has 0 aliphatic rings. The van der Waals surface area contributed by atoms with E-state index in [2.05, 4.69) is 6.92 Å². The molecule has 0 radical (unpaired) electrons. The molecule has 0 amide bonds. The highest BCUT2D eigenvalue weighted by atomic mass is 16.7. The van der Waals surface area contributed by atoms with E-state index < -0.39 is 18.4 Å². The van der Waals surface area contributed by atoms with Crippen LogP contribution in [-0.4, -0.2) is 81.4 Å². The van der Waals surface area contributed by atoms with Crippen molar-refractivity contribution in [3.05, 3.63) is 0 Å². The molecular formula is C51H101NO7. The largest absolute Gasteiger partial charge is 0.545 e. The lowest BCUT2D eigenvalue weighted by Gasteiger charge is -2.26. The molecule has 8 heteroatoms. The van der Waals surface area contributed by atoms with Gasteiger partial charge in [-0.05, 0) is 6.42 Å². The number of hydrogen-bond acceptors (Lipinski definition) is 7. The van der Waals surface area contributed by atoms with Crippen molar-refractivity contribution < 1.29 is 38.5 Å². The summed E-state index contributed by atoms with van der Waals surface area (Å²) in [6.45, 7) is 2.50. The minimum absolute atomic E-state index is 0.174. The van der Waals surface area contributed by atoms with Gasteiger partial charge in [-0.25, -0.2) is 0 Å². The van der Waals surface area contributed by atoms with Gasteiger partial charge in [-0.1, -0.05) is 244 Å². The Morgan fingerprint density at radius 3 is 1.02 bits per heavy atom. The summed E-state index contributed by atoms with van der Waals surface area (Å²) in [4.78, 5) is 23.2. The first kappa shape index (κ1) is 57.8. The number of ether oxygens (including phenoxy) is 3. The first-order chi connectivity index (χ1) is 28.7. The van der Waals surface area contributed by atoms with Gasteiger partial charge in [0.05, 0.1) is 40.3 Å². The fraction of sp³-hybridized carbons (Fsp3) is 0.961. The predicted molar refractivity (Wildman–Crippen MR) is 246 cm³/mol. The summed E-state index contributed by atoms with van der Waals surface area (Å²) >= 11 is 0. The molecule has 0 aromatic carbocycles.